The Morgan fingerprint density at radius 1 is 1.07 bits per heavy atom. The summed E-state index contributed by atoms with van der Waals surface area (Å²) in [5, 5.41) is 2.47. The number of rotatable bonds is 6. The van der Waals surface area contributed by atoms with Crippen LogP contribution >= 0.6 is 0 Å². The summed E-state index contributed by atoms with van der Waals surface area (Å²) in [5.74, 6) is -1.95. The smallest absolute Gasteiger partial charge is 0.339 e. The van der Waals surface area contributed by atoms with E-state index in [-0.39, 0.29) is 16.1 Å². The largest absolute Gasteiger partial charge is 0.449 e. The first-order valence-corrected chi connectivity index (χ1v) is 10.2. The van der Waals surface area contributed by atoms with E-state index in [1.54, 1.807) is 13.8 Å². The van der Waals surface area contributed by atoms with Crippen molar-refractivity contribution >= 4 is 27.6 Å². The number of anilines is 1. The molecule has 0 spiro atoms. The van der Waals surface area contributed by atoms with Gasteiger partial charge >= 0.3 is 5.97 Å². The van der Waals surface area contributed by atoms with Crippen LogP contribution in [0.5, 0.6) is 0 Å². The van der Waals surface area contributed by atoms with Crippen LogP contribution in [0.2, 0.25) is 0 Å². The molecular weight excluding hydrogens is 399 g/mol. The van der Waals surface area contributed by atoms with Crippen molar-refractivity contribution in [3.63, 3.8) is 0 Å². The van der Waals surface area contributed by atoms with Gasteiger partial charge in [-0.2, -0.15) is 0 Å². The molecule has 0 aliphatic carbocycles. The number of hydrogen-bond acceptors (Lipinski definition) is 5. The van der Waals surface area contributed by atoms with Gasteiger partial charge in [0.15, 0.2) is 6.10 Å². The Labute approximate surface area is 169 Å². The second-order valence-electron chi connectivity index (χ2n) is 6.76. The number of amides is 1. The normalized spacial score (nSPS) is 12.5. The van der Waals surface area contributed by atoms with Crippen molar-refractivity contribution < 1.29 is 27.1 Å². The summed E-state index contributed by atoms with van der Waals surface area (Å²) in [6.07, 6.45) is -1.18. The molecule has 7 nitrogen and oxygen atoms in total. The van der Waals surface area contributed by atoms with E-state index in [0.717, 1.165) is 4.31 Å². The number of aryl methyl sites for hydroxylation is 2. The highest BCUT2D eigenvalue weighted by molar-refractivity contribution is 7.89. The summed E-state index contributed by atoms with van der Waals surface area (Å²) in [7, 11) is -0.967. The lowest BCUT2D eigenvalue weighted by Gasteiger charge is -2.16. The standard InChI is InChI=1S/C20H23FN2O5S/c1-12-7-9-16(29(26,27)23(4)5)11-17(12)20(25)28-14(3)19(24)22-15-8-6-13(2)18(21)10-15/h6-11,14H,1-5H3,(H,22,24)/t14-/m1/s1. The Balaban J connectivity index is 2.16. The molecule has 0 aliphatic heterocycles. The van der Waals surface area contributed by atoms with E-state index in [4.69, 9.17) is 4.74 Å². The van der Waals surface area contributed by atoms with Crippen LogP contribution in [0.1, 0.15) is 28.4 Å². The summed E-state index contributed by atoms with van der Waals surface area (Å²) >= 11 is 0. The monoisotopic (exact) mass is 422 g/mol. The van der Waals surface area contributed by atoms with Gasteiger partial charge < -0.3 is 10.1 Å². The van der Waals surface area contributed by atoms with E-state index in [2.05, 4.69) is 5.32 Å². The van der Waals surface area contributed by atoms with Gasteiger partial charge in [-0.3, -0.25) is 4.79 Å². The molecular formula is C20H23FN2O5S. The van der Waals surface area contributed by atoms with Gasteiger partial charge in [0.25, 0.3) is 5.91 Å². The van der Waals surface area contributed by atoms with E-state index >= 15 is 0 Å². The van der Waals surface area contributed by atoms with Gasteiger partial charge in [-0.05, 0) is 56.2 Å². The number of halogens is 1. The summed E-state index contributed by atoms with van der Waals surface area (Å²) in [4.78, 5) is 24.7. The summed E-state index contributed by atoms with van der Waals surface area (Å²) < 4.78 is 44.4. The molecule has 0 saturated heterocycles. The average Bonchev–Trinajstić information content (AvgIpc) is 2.64. The maximum atomic E-state index is 13.6. The van der Waals surface area contributed by atoms with E-state index < -0.39 is 33.8 Å². The predicted molar refractivity (Wildman–Crippen MR) is 107 cm³/mol. The third-order valence-electron chi connectivity index (χ3n) is 4.30. The number of benzene rings is 2. The molecule has 1 amide bonds. The molecule has 2 aromatic rings. The second-order valence-corrected chi connectivity index (χ2v) is 8.92. The lowest BCUT2D eigenvalue weighted by molar-refractivity contribution is -0.123. The molecule has 0 bridgehead atoms. The van der Waals surface area contributed by atoms with Crippen molar-refractivity contribution in [3.8, 4) is 0 Å². The third-order valence-corrected chi connectivity index (χ3v) is 6.11. The molecule has 0 fully saturated rings. The number of nitrogens with zero attached hydrogens (tertiary/aromatic N) is 1. The second kappa shape index (κ2) is 8.71. The Hall–Kier alpha value is -2.78. The van der Waals surface area contributed by atoms with Crippen LogP contribution in [-0.2, 0) is 19.6 Å². The Morgan fingerprint density at radius 3 is 2.28 bits per heavy atom. The first-order valence-electron chi connectivity index (χ1n) is 8.74. The first kappa shape index (κ1) is 22.5. The van der Waals surface area contributed by atoms with Crippen LogP contribution < -0.4 is 5.32 Å². The molecule has 2 aromatic carbocycles. The number of sulfonamides is 1. The van der Waals surface area contributed by atoms with E-state index in [0.29, 0.717) is 11.1 Å². The molecule has 156 valence electrons. The molecule has 0 aromatic heterocycles. The molecule has 2 rings (SSSR count). The molecule has 29 heavy (non-hydrogen) atoms. The lowest BCUT2D eigenvalue weighted by Crippen LogP contribution is -2.30. The van der Waals surface area contributed by atoms with Gasteiger partial charge in [-0.15, -0.1) is 0 Å². The van der Waals surface area contributed by atoms with Crippen molar-refractivity contribution in [2.45, 2.75) is 31.8 Å². The molecule has 0 unspecified atom stereocenters. The van der Waals surface area contributed by atoms with Crippen molar-refractivity contribution in [3.05, 3.63) is 58.9 Å². The quantitative estimate of drug-likeness (QED) is 0.723. The number of esters is 1. The summed E-state index contributed by atoms with van der Waals surface area (Å²) in [6.45, 7) is 4.59. The fourth-order valence-electron chi connectivity index (χ4n) is 2.38. The lowest BCUT2D eigenvalue weighted by atomic mass is 10.1. The highest BCUT2D eigenvalue weighted by Crippen LogP contribution is 2.20. The van der Waals surface area contributed by atoms with Gasteiger partial charge in [0.05, 0.1) is 10.5 Å². The van der Waals surface area contributed by atoms with Gasteiger partial charge in [0.2, 0.25) is 10.0 Å². The van der Waals surface area contributed by atoms with Gasteiger partial charge in [-0.1, -0.05) is 12.1 Å². The minimum Gasteiger partial charge on any atom is -0.449 e. The Morgan fingerprint density at radius 2 is 1.69 bits per heavy atom. The van der Waals surface area contributed by atoms with Crippen LogP contribution in [0.3, 0.4) is 0 Å². The summed E-state index contributed by atoms with van der Waals surface area (Å²) in [5.41, 5.74) is 1.21. The SMILES string of the molecule is Cc1ccc(NC(=O)[C@@H](C)OC(=O)c2cc(S(=O)(=O)N(C)C)ccc2C)cc1F. The maximum Gasteiger partial charge on any atom is 0.339 e. The Bertz CT molecular complexity index is 1050. The zero-order valence-electron chi connectivity index (χ0n) is 16.8. The van der Waals surface area contributed by atoms with Crippen molar-refractivity contribution in [2.24, 2.45) is 0 Å². The zero-order chi connectivity index (χ0) is 21.9. The number of hydrogen-bond donors (Lipinski definition) is 1. The van der Waals surface area contributed by atoms with Crippen LogP contribution in [0.15, 0.2) is 41.3 Å². The predicted octanol–water partition coefficient (Wildman–Crippen LogP) is 2.88. The van der Waals surface area contributed by atoms with E-state index in [1.807, 2.05) is 0 Å². The minimum atomic E-state index is -3.73. The van der Waals surface area contributed by atoms with E-state index in [1.165, 1.54) is 57.4 Å². The topological polar surface area (TPSA) is 92.8 Å². The molecule has 0 aliphatic rings. The third kappa shape index (κ3) is 5.18. The van der Waals surface area contributed by atoms with E-state index in [9.17, 15) is 22.4 Å². The number of ether oxygens (including phenoxy) is 1. The molecule has 1 N–H and O–H groups in total. The van der Waals surface area contributed by atoms with Crippen LogP contribution in [-0.4, -0.2) is 44.8 Å². The number of carbonyl (C=O) groups excluding carboxylic acids is 2. The van der Waals surface area contributed by atoms with Gasteiger partial charge in [-0.25, -0.2) is 21.9 Å². The molecule has 0 saturated carbocycles. The van der Waals surface area contributed by atoms with Crippen LogP contribution in [0.25, 0.3) is 0 Å². The maximum absolute atomic E-state index is 13.6. The van der Waals surface area contributed by atoms with Crippen molar-refractivity contribution in [2.75, 3.05) is 19.4 Å². The molecule has 0 radical (unpaired) electrons. The van der Waals surface area contributed by atoms with Crippen molar-refractivity contribution in [1.82, 2.24) is 4.31 Å². The zero-order valence-corrected chi connectivity index (χ0v) is 17.6. The minimum absolute atomic E-state index is 0.0361. The molecule has 9 heteroatoms. The van der Waals surface area contributed by atoms with Crippen molar-refractivity contribution in [1.29, 1.82) is 0 Å². The highest BCUT2D eigenvalue weighted by Gasteiger charge is 2.24. The molecule has 1 atom stereocenters. The fourth-order valence-corrected chi connectivity index (χ4v) is 3.31. The molecule has 0 heterocycles. The van der Waals surface area contributed by atoms with Crippen LogP contribution in [0.4, 0.5) is 10.1 Å². The first-order chi connectivity index (χ1) is 13.4. The number of carbonyl (C=O) groups is 2. The van der Waals surface area contributed by atoms with Gasteiger partial charge in [0.1, 0.15) is 5.82 Å². The highest BCUT2D eigenvalue weighted by atomic mass is 32.2. The van der Waals surface area contributed by atoms with Gasteiger partial charge in [0, 0.05) is 19.8 Å². The Kier molecular flexibility index (Phi) is 6.76. The summed E-state index contributed by atoms with van der Waals surface area (Å²) in [6, 6.07) is 8.32. The fraction of sp³-hybridized carbons (Fsp3) is 0.300. The average molecular weight is 422 g/mol. The number of nitrogens with one attached hydrogen (secondary N) is 1. The van der Waals surface area contributed by atoms with Crippen LogP contribution in [0, 0.1) is 19.7 Å².